The Kier molecular flexibility index (Phi) is 9.48. The lowest BCUT2D eigenvalue weighted by atomic mass is 9.84. The molecule has 0 aromatic rings. The van der Waals surface area contributed by atoms with Crippen LogP contribution in [0.2, 0.25) is 0 Å². The average molecular weight is 348 g/mol. The highest BCUT2D eigenvalue weighted by Gasteiger charge is 2.34. The summed E-state index contributed by atoms with van der Waals surface area (Å²) >= 11 is 0. The zero-order valence-electron chi connectivity index (χ0n) is 14.7. The third kappa shape index (κ3) is 6.24. The third-order valence-corrected chi connectivity index (χ3v) is 5.25. The largest absolute Gasteiger partial charge is 0.459 e. The molecule has 5 heteroatoms. The molecule has 0 aromatic carbocycles. The van der Waals surface area contributed by atoms with Crippen molar-refractivity contribution in [3.8, 4) is 0 Å². The molecular weight excluding hydrogens is 314 g/mol. The topological polar surface area (TPSA) is 61.5 Å². The molecule has 1 aliphatic carbocycles. The van der Waals surface area contributed by atoms with Crippen molar-refractivity contribution in [3.05, 3.63) is 0 Å². The van der Waals surface area contributed by atoms with Gasteiger partial charge in [0, 0.05) is 6.61 Å². The molecule has 2 N–H and O–H groups in total. The number of hydrogen-bond acceptors (Lipinski definition) is 4. The van der Waals surface area contributed by atoms with Gasteiger partial charge in [0.1, 0.15) is 12.1 Å². The molecule has 2 aliphatic rings. The van der Waals surface area contributed by atoms with Crippen LogP contribution in [0.5, 0.6) is 0 Å². The minimum Gasteiger partial charge on any atom is -0.459 e. The quantitative estimate of drug-likeness (QED) is 0.767. The fraction of sp³-hybridized carbons (Fsp3) is 0.944. The summed E-state index contributed by atoms with van der Waals surface area (Å²) in [6.07, 6.45) is 10.3. The first-order valence-corrected chi connectivity index (χ1v) is 9.19. The van der Waals surface area contributed by atoms with Gasteiger partial charge in [0.05, 0.1) is 6.10 Å². The number of rotatable bonds is 5. The number of carbonyl (C=O) groups excluding carboxylic acids is 1. The van der Waals surface area contributed by atoms with E-state index in [1.807, 2.05) is 6.92 Å². The lowest BCUT2D eigenvalue weighted by Crippen LogP contribution is -2.40. The van der Waals surface area contributed by atoms with E-state index in [1.165, 1.54) is 32.1 Å². The Morgan fingerprint density at radius 1 is 1.17 bits per heavy atom. The lowest BCUT2D eigenvalue weighted by molar-refractivity contribution is -0.160. The zero-order valence-corrected chi connectivity index (χ0v) is 15.5. The number of esters is 1. The summed E-state index contributed by atoms with van der Waals surface area (Å²) in [6.45, 7) is 4.82. The van der Waals surface area contributed by atoms with Crippen LogP contribution in [-0.2, 0) is 14.3 Å². The van der Waals surface area contributed by atoms with Gasteiger partial charge in [0.25, 0.3) is 0 Å². The summed E-state index contributed by atoms with van der Waals surface area (Å²) < 4.78 is 11.7. The Morgan fingerprint density at radius 3 is 2.52 bits per heavy atom. The Morgan fingerprint density at radius 2 is 1.87 bits per heavy atom. The Hall–Kier alpha value is -0.320. The summed E-state index contributed by atoms with van der Waals surface area (Å²) in [4.78, 5) is 12.0. The summed E-state index contributed by atoms with van der Waals surface area (Å²) in [5.41, 5.74) is 5.92. The van der Waals surface area contributed by atoms with Crippen LogP contribution in [0.25, 0.3) is 0 Å². The molecule has 0 radical (unpaired) electrons. The van der Waals surface area contributed by atoms with E-state index in [9.17, 15) is 4.79 Å². The van der Waals surface area contributed by atoms with Gasteiger partial charge in [-0.3, -0.25) is 4.79 Å². The minimum absolute atomic E-state index is 0. The number of carbonyl (C=O) groups is 1. The molecule has 2 rings (SSSR count). The molecule has 136 valence electrons. The van der Waals surface area contributed by atoms with Gasteiger partial charge < -0.3 is 15.2 Å². The summed E-state index contributed by atoms with van der Waals surface area (Å²) in [5, 5.41) is 0. The van der Waals surface area contributed by atoms with E-state index in [0.29, 0.717) is 5.92 Å². The van der Waals surface area contributed by atoms with Crippen LogP contribution < -0.4 is 5.73 Å². The first kappa shape index (κ1) is 20.7. The van der Waals surface area contributed by atoms with Crippen LogP contribution in [0, 0.1) is 11.8 Å². The molecule has 0 aromatic heterocycles. The Balaban J connectivity index is 0.00000264. The van der Waals surface area contributed by atoms with Crippen molar-refractivity contribution in [1.29, 1.82) is 0 Å². The number of hydrogen-bond donors (Lipinski definition) is 1. The van der Waals surface area contributed by atoms with E-state index < -0.39 is 6.04 Å². The molecule has 1 heterocycles. The highest BCUT2D eigenvalue weighted by Crippen LogP contribution is 2.35. The summed E-state index contributed by atoms with van der Waals surface area (Å²) in [7, 11) is 0. The molecule has 1 aliphatic heterocycles. The van der Waals surface area contributed by atoms with Crippen molar-refractivity contribution >= 4 is 18.4 Å². The van der Waals surface area contributed by atoms with Crippen molar-refractivity contribution in [2.45, 2.75) is 89.9 Å². The van der Waals surface area contributed by atoms with Crippen LogP contribution in [0.4, 0.5) is 0 Å². The molecule has 4 nitrogen and oxygen atoms in total. The standard InChI is InChI=1S/C18H33NO3.ClH/c1-3-11-21-17-13(2)22-18(20)16(19)10-6-9-15(17)12-14-7-4-5-8-14;/h13-17H,3-12,19H2,1-2H3;1H/t13-,15+,16-,17-;/m0./s1. The van der Waals surface area contributed by atoms with Gasteiger partial charge in [-0.1, -0.05) is 39.0 Å². The van der Waals surface area contributed by atoms with E-state index in [2.05, 4.69) is 6.92 Å². The van der Waals surface area contributed by atoms with E-state index in [4.69, 9.17) is 15.2 Å². The van der Waals surface area contributed by atoms with Crippen LogP contribution in [0.3, 0.4) is 0 Å². The lowest BCUT2D eigenvalue weighted by Gasteiger charge is -2.32. The first-order chi connectivity index (χ1) is 10.6. The maximum atomic E-state index is 12.0. The summed E-state index contributed by atoms with van der Waals surface area (Å²) in [5.74, 6) is 1.05. The summed E-state index contributed by atoms with van der Waals surface area (Å²) in [6, 6.07) is -0.473. The Labute approximate surface area is 147 Å². The van der Waals surface area contributed by atoms with Crippen LogP contribution in [0.1, 0.15) is 71.6 Å². The molecule has 0 unspecified atom stereocenters. The van der Waals surface area contributed by atoms with E-state index >= 15 is 0 Å². The second-order valence-electron chi connectivity index (χ2n) is 7.16. The molecule has 23 heavy (non-hydrogen) atoms. The molecular formula is C18H34ClNO3. The molecule has 0 spiro atoms. The smallest absolute Gasteiger partial charge is 0.323 e. The van der Waals surface area contributed by atoms with Crippen molar-refractivity contribution < 1.29 is 14.3 Å². The van der Waals surface area contributed by atoms with Gasteiger partial charge in [-0.25, -0.2) is 0 Å². The fourth-order valence-corrected chi connectivity index (χ4v) is 4.05. The van der Waals surface area contributed by atoms with Gasteiger partial charge in [-0.15, -0.1) is 12.4 Å². The fourth-order valence-electron chi connectivity index (χ4n) is 4.05. The second kappa shape index (κ2) is 10.5. The molecule has 4 atom stereocenters. The number of nitrogens with two attached hydrogens (primary N) is 1. The van der Waals surface area contributed by atoms with Crippen molar-refractivity contribution in [2.24, 2.45) is 17.6 Å². The predicted molar refractivity (Wildman–Crippen MR) is 94.7 cm³/mol. The number of cyclic esters (lactones) is 1. The van der Waals surface area contributed by atoms with Crippen molar-refractivity contribution in [2.75, 3.05) is 6.61 Å². The molecule has 0 bridgehead atoms. The van der Waals surface area contributed by atoms with Crippen LogP contribution in [-0.4, -0.2) is 30.8 Å². The maximum absolute atomic E-state index is 12.0. The highest BCUT2D eigenvalue weighted by atomic mass is 35.5. The van der Waals surface area contributed by atoms with Gasteiger partial charge in [-0.05, 0) is 44.4 Å². The normalized spacial score (nSPS) is 33.3. The predicted octanol–water partition coefficient (Wildman–Crippen LogP) is 3.84. The van der Waals surface area contributed by atoms with Crippen LogP contribution >= 0.6 is 12.4 Å². The maximum Gasteiger partial charge on any atom is 0.323 e. The van der Waals surface area contributed by atoms with Crippen molar-refractivity contribution in [3.63, 3.8) is 0 Å². The third-order valence-electron chi connectivity index (χ3n) is 5.25. The number of ether oxygens (including phenoxy) is 2. The van der Waals surface area contributed by atoms with Crippen molar-refractivity contribution in [1.82, 2.24) is 0 Å². The van der Waals surface area contributed by atoms with E-state index in [-0.39, 0.29) is 30.6 Å². The van der Waals surface area contributed by atoms with Gasteiger partial charge in [-0.2, -0.15) is 0 Å². The van der Waals surface area contributed by atoms with Crippen LogP contribution in [0.15, 0.2) is 0 Å². The first-order valence-electron chi connectivity index (χ1n) is 9.19. The molecule has 0 amide bonds. The average Bonchev–Trinajstić information content (AvgIpc) is 3.00. The minimum atomic E-state index is -0.473. The molecule has 1 saturated carbocycles. The molecule has 1 saturated heterocycles. The van der Waals surface area contributed by atoms with Gasteiger partial charge in [0.2, 0.25) is 0 Å². The zero-order chi connectivity index (χ0) is 15.9. The monoisotopic (exact) mass is 347 g/mol. The Bertz CT molecular complexity index is 347. The second-order valence-corrected chi connectivity index (χ2v) is 7.16. The van der Waals surface area contributed by atoms with E-state index in [1.54, 1.807) is 0 Å². The van der Waals surface area contributed by atoms with Gasteiger partial charge >= 0.3 is 5.97 Å². The van der Waals surface area contributed by atoms with Gasteiger partial charge in [0.15, 0.2) is 0 Å². The molecule has 2 fully saturated rings. The number of halogens is 1. The SMILES string of the molecule is CCCO[C@@H]1[C@@H](CC2CCCC2)CCC[C@H](N)C(=O)O[C@H]1C.Cl. The highest BCUT2D eigenvalue weighted by molar-refractivity contribution is 5.85. The van der Waals surface area contributed by atoms with E-state index in [0.717, 1.165) is 38.2 Å².